The van der Waals surface area contributed by atoms with Gasteiger partial charge in [-0.15, -0.1) is 0 Å². The Kier molecular flexibility index (Phi) is 22.9. The first-order valence-corrected chi connectivity index (χ1v) is 30.0. The van der Waals surface area contributed by atoms with E-state index in [1.165, 1.54) is 50.7 Å². The number of carbonyl (C=O) groups is 8. The molecule has 8 rings (SSSR count). The number of hydrogen-bond donors (Lipinski definition) is 14. The Balaban J connectivity index is 1.05. The second-order valence-electron chi connectivity index (χ2n) is 23.2. The molecule has 88 heavy (non-hydrogen) atoms. The summed E-state index contributed by atoms with van der Waals surface area (Å²) >= 11 is 0.0638. The Bertz CT molecular complexity index is 2950. The summed E-state index contributed by atoms with van der Waals surface area (Å²) in [6, 6.07) is 7.44. The largest absolute Gasteiger partial charge is 0.504 e. The molecular weight excluding hydrogens is 1170 g/mol. The van der Waals surface area contributed by atoms with Crippen molar-refractivity contribution >= 4 is 71.0 Å². The van der Waals surface area contributed by atoms with Crippen molar-refractivity contribution in [3.05, 3.63) is 83.4 Å². The number of nitrogens with two attached hydrogens (primary N) is 1. The van der Waals surface area contributed by atoms with Crippen molar-refractivity contribution in [3.8, 4) is 11.5 Å². The number of rotatable bonds is 16. The molecule has 29 nitrogen and oxygen atoms in total. The summed E-state index contributed by atoms with van der Waals surface area (Å²) in [4.78, 5) is 120. The fourth-order valence-corrected chi connectivity index (χ4v) is 12.4. The third kappa shape index (κ3) is 16.5. The Morgan fingerprint density at radius 1 is 0.727 bits per heavy atom. The monoisotopic (exact) mass is 1250 g/mol. The number of nitrogens with one attached hydrogen (secondary N) is 5. The molecule has 13 atom stereocenters. The van der Waals surface area contributed by atoms with Gasteiger partial charge >= 0.3 is 0 Å². The maximum atomic E-state index is 14.7. The lowest BCUT2D eigenvalue weighted by Crippen LogP contribution is -2.64. The molecule has 0 bridgehead atoms. The zero-order chi connectivity index (χ0) is 63.5. The summed E-state index contributed by atoms with van der Waals surface area (Å²) < 4.78 is 9.31. The van der Waals surface area contributed by atoms with E-state index in [0.29, 0.717) is 19.0 Å². The van der Waals surface area contributed by atoms with Crippen LogP contribution in [0.5, 0.6) is 11.5 Å². The molecule has 5 fully saturated rings. The van der Waals surface area contributed by atoms with Gasteiger partial charge in [-0.05, 0) is 85.3 Å². The summed E-state index contributed by atoms with van der Waals surface area (Å²) in [6.07, 6.45) is -7.19. The van der Waals surface area contributed by atoms with Gasteiger partial charge in [0.25, 0.3) is 18.2 Å². The number of piperazine rings is 1. The lowest BCUT2D eigenvalue weighted by molar-refractivity contribution is -0.433. The summed E-state index contributed by atoms with van der Waals surface area (Å²) in [5.41, 5.74) is 8.95. The number of aliphatic hydroxyl groups is 6. The number of nitrogens with zero attached hydrogens (tertiary/aromatic N) is 4. The number of β-amino-alcohol motifs (C(OH)–C–C–N with tert-alkyl or cyclic N) is 1. The number of fused-ring (bicyclic) bond motifs is 2. The third-order valence-corrected chi connectivity index (χ3v) is 17.3. The predicted octanol–water partition coefficient (Wildman–Crippen LogP) is -2.05. The normalized spacial score (nSPS) is 27.6. The van der Waals surface area contributed by atoms with Crippen LogP contribution >= 0.6 is 12.3 Å². The van der Waals surface area contributed by atoms with Crippen LogP contribution in [0.2, 0.25) is 0 Å². The highest BCUT2D eigenvalue weighted by Gasteiger charge is 2.50. The van der Waals surface area contributed by atoms with Crippen LogP contribution in [0.3, 0.4) is 0 Å². The molecule has 30 heteroatoms. The van der Waals surface area contributed by atoms with Crippen LogP contribution in [-0.2, 0) is 49.4 Å². The Morgan fingerprint density at radius 2 is 1.34 bits per heavy atom. The number of phenols is 1. The van der Waals surface area contributed by atoms with E-state index in [1.807, 2.05) is 0 Å². The minimum Gasteiger partial charge on any atom is -0.504 e. The summed E-state index contributed by atoms with van der Waals surface area (Å²) in [5, 5.41) is 103. The maximum absolute atomic E-state index is 14.7. The van der Waals surface area contributed by atoms with Gasteiger partial charge in [0.15, 0.2) is 11.5 Å². The highest BCUT2D eigenvalue weighted by atomic mass is 32.2. The number of anilines is 2. The van der Waals surface area contributed by atoms with E-state index in [0.717, 1.165) is 53.3 Å². The molecule has 15 N–H and O–H groups in total. The predicted molar refractivity (Wildman–Crippen MR) is 313 cm³/mol. The van der Waals surface area contributed by atoms with Gasteiger partial charge in [0.1, 0.15) is 36.3 Å². The number of aliphatic hydroxyl groups excluding tert-OH is 6. The van der Waals surface area contributed by atoms with Crippen LogP contribution in [0.4, 0.5) is 11.4 Å². The van der Waals surface area contributed by atoms with Crippen molar-refractivity contribution in [2.45, 2.75) is 150 Å². The van der Waals surface area contributed by atoms with Crippen molar-refractivity contribution in [2.75, 3.05) is 55.6 Å². The quantitative estimate of drug-likeness (QED) is 0.0318. The van der Waals surface area contributed by atoms with Gasteiger partial charge in [-0.1, -0.05) is 53.8 Å². The number of benzene rings is 3. The molecule has 1 saturated carbocycles. The van der Waals surface area contributed by atoms with Gasteiger partial charge in [0.2, 0.25) is 41.4 Å². The lowest BCUT2D eigenvalue weighted by atomic mass is 9.84. The van der Waals surface area contributed by atoms with E-state index in [1.54, 1.807) is 24.3 Å². The zero-order valence-corrected chi connectivity index (χ0v) is 49.4. The van der Waals surface area contributed by atoms with Gasteiger partial charge in [0, 0.05) is 87.9 Å². The van der Waals surface area contributed by atoms with E-state index in [4.69, 9.17) is 15.2 Å². The third-order valence-electron chi connectivity index (χ3n) is 16.9. The molecule has 4 heterocycles. The lowest BCUT2D eigenvalue weighted by Gasteiger charge is -2.37. The molecule has 1 aliphatic carbocycles. The molecule has 8 amide bonds. The molecule has 0 radical (unpaired) electrons. The minimum atomic E-state index is -2.20. The van der Waals surface area contributed by atoms with Gasteiger partial charge in [-0.25, -0.2) is 5.26 Å². The van der Waals surface area contributed by atoms with Gasteiger partial charge < -0.3 is 91.8 Å². The van der Waals surface area contributed by atoms with Crippen LogP contribution in [0.15, 0.2) is 66.7 Å². The molecule has 3 aromatic rings. The molecule has 5 aliphatic rings. The number of phenolic OH excluding ortho intramolecular Hbond substituents is 1. The highest BCUT2D eigenvalue weighted by molar-refractivity contribution is 7.90. The molecule has 0 aromatic heterocycles. The second-order valence-corrected chi connectivity index (χ2v) is 23.7. The summed E-state index contributed by atoms with van der Waals surface area (Å²) in [6.45, 7) is 3.83. The number of primary amides is 1. The second kappa shape index (κ2) is 30.2. The molecule has 4 aliphatic heterocycles. The minimum absolute atomic E-state index is 0.0638. The van der Waals surface area contributed by atoms with Gasteiger partial charge in [-0.3, -0.25) is 38.4 Å². The van der Waals surface area contributed by atoms with Crippen molar-refractivity contribution < 1.29 is 92.9 Å². The Hall–Kier alpha value is -7.39. The van der Waals surface area contributed by atoms with E-state index in [9.17, 15) is 74.1 Å². The number of hydrogen-bond acceptors (Lipinski definition) is 22. The zero-order valence-electron chi connectivity index (χ0n) is 48.6. The molecule has 4 saturated heterocycles. The van der Waals surface area contributed by atoms with E-state index in [2.05, 4.69) is 70.0 Å². The summed E-state index contributed by atoms with van der Waals surface area (Å²) in [5.74, 6) is -10.3. The molecule has 0 spiro atoms. The maximum Gasteiger partial charge on any atom is 0.261 e. The van der Waals surface area contributed by atoms with Gasteiger partial charge in [-0.2, -0.15) is 0 Å². The number of amides is 8. The van der Waals surface area contributed by atoms with Gasteiger partial charge in [0.05, 0.1) is 43.0 Å². The van der Waals surface area contributed by atoms with Crippen molar-refractivity contribution in [1.29, 1.82) is 0 Å². The van der Waals surface area contributed by atoms with Crippen LogP contribution in [0, 0.1) is 5.92 Å². The SMILES string of the molecule is CC(O)C1NC(=O)C(NC(=O)c2ccc(N3CCN(c4ccc(C5CCCCC5)cc4)CC3)cc2)CC(O)CNC(=O)C2C(O)C(C)CN2C(=O)C(C(O)CC(N)=O)NC(=O)C(C(O)Cc2ccc(O)c(OSOOO)c2)NC(=O)C2CC(O)CN2C1=O. The van der Waals surface area contributed by atoms with E-state index in [-0.39, 0.29) is 29.2 Å². The number of carbonyl (C=O) groups excluding carboxylic acids is 8. The first-order valence-electron chi connectivity index (χ1n) is 29.3. The van der Waals surface area contributed by atoms with E-state index >= 15 is 0 Å². The first kappa shape index (κ1) is 66.6. The van der Waals surface area contributed by atoms with E-state index < -0.39 is 177 Å². The average Bonchev–Trinajstić information content (AvgIpc) is 3.69. The highest BCUT2D eigenvalue weighted by Crippen LogP contribution is 2.35. The Labute approximate surface area is 511 Å². The fourth-order valence-electron chi connectivity index (χ4n) is 12.1. The van der Waals surface area contributed by atoms with Crippen molar-refractivity contribution in [1.82, 2.24) is 36.4 Å². The topological polar surface area (TPSA) is 425 Å². The molecule has 480 valence electrons. The Morgan fingerprint density at radius 3 is 1.97 bits per heavy atom. The van der Waals surface area contributed by atoms with Crippen LogP contribution in [0.1, 0.15) is 92.6 Å². The van der Waals surface area contributed by atoms with Crippen molar-refractivity contribution in [3.63, 3.8) is 0 Å². The molecule has 13 unspecified atom stereocenters. The van der Waals surface area contributed by atoms with Crippen molar-refractivity contribution in [2.24, 2.45) is 11.7 Å². The fraction of sp³-hybridized carbons (Fsp3) is 0.552. The smallest absolute Gasteiger partial charge is 0.261 e. The molecular formula is C58H78N10O19S. The number of aromatic hydroxyl groups is 1. The first-order chi connectivity index (χ1) is 42.0. The standard InChI is InChI=1S/C58H78N10O19S/c1-30-28-68-50(51(30)76)56(81)60-27-38(70)24-40(61-52(77)35-11-15-37(16-12-35)66-20-18-65(19-21-66)36-13-9-34(10-14-36)33-6-4-3-5-7-33)53(78)62-47(31(2)69)57(82)67-29-39(71)25-41(67)54(79)63-48(55(80)64-49(58(68)83)44(74)26-46(59)75)43(73)22-32-8-17-42(72)45(23-32)85-88-87-86-84/h8-17,23,30-31,33,38-41,43-44,47-51,69-74,76,84H,3-7,18-22,24-29H2,1-2H3,(H2,59,75)(H,60,81)(H,61,77)(H,62,78)(H,63,79)(H,64,80). The summed E-state index contributed by atoms with van der Waals surface area (Å²) in [7, 11) is 0. The molecule has 3 aromatic carbocycles. The average molecular weight is 1250 g/mol. The van der Waals surface area contributed by atoms with Crippen LogP contribution in [0.25, 0.3) is 0 Å². The van der Waals surface area contributed by atoms with Crippen LogP contribution in [-0.4, -0.2) is 217 Å². The van der Waals surface area contributed by atoms with Crippen LogP contribution < -0.4 is 46.3 Å².